The first kappa shape index (κ1) is 64.4. The minimum absolute atomic E-state index is 0.0957. The number of amides is 6. The number of carbonyl (C=O) groups is 9. The van der Waals surface area contributed by atoms with Crippen molar-refractivity contribution in [2.45, 2.75) is 55.4 Å². The molecule has 0 aliphatic carbocycles. The summed E-state index contributed by atoms with van der Waals surface area (Å²) in [4.78, 5) is 115. The quantitative estimate of drug-likeness (QED) is 0.115. The van der Waals surface area contributed by atoms with Gasteiger partial charge in [-0.1, -0.05) is 0 Å². The Balaban J connectivity index is 0.000000495. The number of rotatable bonds is 9. The van der Waals surface area contributed by atoms with Crippen LogP contribution in [-0.4, -0.2) is 94.5 Å². The molecule has 0 atom stereocenters. The summed E-state index contributed by atoms with van der Waals surface area (Å²) < 4.78 is 6.31. The molecule has 3 aromatic carbocycles. The first-order valence-corrected chi connectivity index (χ1v) is 28.4. The summed E-state index contributed by atoms with van der Waals surface area (Å²) in [6, 6.07) is 0. The lowest BCUT2D eigenvalue weighted by Crippen LogP contribution is -2.30. The summed E-state index contributed by atoms with van der Waals surface area (Å²) in [5.74, 6) is -1.09. The maximum atomic E-state index is 12.1. The number of ketones is 2. The Hall–Kier alpha value is 0.350. The van der Waals surface area contributed by atoms with Crippen molar-refractivity contribution < 1.29 is 43.2 Å². The average molecular weight is 1940 g/mol. The highest BCUT2D eigenvalue weighted by molar-refractivity contribution is 14.1. The van der Waals surface area contributed by atoms with E-state index in [4.69, 9.17) is 11.6 Å². The van der Waals surface area contributed by atoms with Gasteiger partial charge in [0.25, 0.3) is 5.24 Å². The van der Waals surface area contributed by atoms with E-state index in [-0.39, 0.29) is 47.0 Å². The van der Waals surface area contributed by atoms with E-state index in [0.29, 0.717) is 61.5 Å². The van der Waals surface area contributed by atoms with Crippen LogP contribution >= 0.6 is 215 Å². The molecule has 360 valence electrons. The van der Waals surface area contributed by atoms with Gasteiger partial charge in [-0.3, -0.25) is 43.2 Å². The van der Waals surface area contributed by atoms with Gasteiger partial charge in [-0.25, -0.2) is 0 Å². The predicted molar refractivity (Wildman–Crippen MR) is 338 cm³/mol. The van der Waals surface area contributed by atoms with Gasteiger partial charge in [0.2, 0.25) is 35.4 Å². The van der Waals surface area contributed by atoms with E-state index in [9.17, 15) is 43.2 Å². The van der Waals surface area contributed by atoms with Crippen molar-refractivity contribution in [2.75, 3.05) is 71.7 Å². The Bertz CT molecular complexity index is 2160. The largest absolute Gasteiger partial charge is 0.314 e. The van der Waals surface area contributed by atoms with Crippen LogP contribution in [0.2, 0.25) is 0 Å². The lowest BCUT2D eigenvalue weighted by molar-refractivity contribution is -0.117. The molecule has 6 amide bonds. The van der Waals surface area contributed by atoms with Gasteiger partial charge in [-0.05, 0) is 229 Å². The van der Waals surface area contributed by atoms with E-state index in [0.717, 1.165) is 21.4 Å². The van der Waals surface area contributed by atoms with Gasteiger partial charge in [0, 0.05) is 109 Å². The van der Waals surface area contributed by atoms with Crippen molar-refractivity contribution in [1.29, 1.82) is 0 Å². The fourth-order valence-electron chi connectivity index (χ4n) is 5.42. The van der Waals surface area contributed by atoms with Gasteiger partial charge in [0.1, 0.15) is 0 Å². The maximum Gasteiger partial charge on any atom is 0.254 e. The van der Waals surface area contributed by atoms with E-state index >= 15 is 0 Å². The van der Waals surface area contributed by atoms with E-state index in [2.05, 4.69) is 158 Å². The highest BCUT2D eigenvalue weighted by Gasteiger charge is 2.31. The molecule has 3 rings (SSSR count). The highest BCUT2D eigenvalue weighted by Crippen LogP contribution is 2.45. The van der Waals surface area contributed by atoms with Gasteiger partial charge in [-0.2, -0.15) is 0 Å². The lowest BCUT2D eigenvalue weighted by atomic mass is 10.1. The summed E-state index contributed by atoms with van der Waals surface area (Å²) in [6.45, 7) is 11.7. The van der Waals surface area contributed by atoms with Crippen LogP contribution in [0.5, 0.6) is 0 Å². The van der Waals surface area contributed by atoms with Gasteiger partial charge in [-0.15, -0.1) is 0 Å². The molecule has 15 nitrogen and oxygen atoms in total. The Labute approximate surface area is 512 Å². The molecule has 0 aromatic heterocycles. The number of halogens is 10. The number of anilines is 6. The van der Waals surface area contributed by atoms with Gasteiger partial charge in [0.05, 0.1) is 57.5 Å². The molecule has 0 aliphatic rings. The third-order valence-corrected chi connectivity index (χ3v) is 19.1. The summed E-state index contributed by atoms with van der Waals surface area (Å²) >= 11 is 24.4. The molecule has 0 N–H and O–H groups in total. The van der Waals surface area contributed by atoms with Crippen LogP contribution in [0.15, 0.2) is 0 Å². The zero-order valence-corrected chi connectivity index (χ0v) is 57.8. The topological polar surface area (TPSA) is 173 Å². The number of nitrogens with zero attached hydrogens (tertiary/aromatic N) is 6. The highest BCUT2D eigenvalue weighted by atomic mass is 127. The summed E-state index contributed by atoms with van der Waals surface area (Å²) in [7, 11) is 9.89. The zero-order valence-electron chi connectivity index (χ0n) is 37.6. The molecule has 0 aliphatic heterocycles. The number of Topliss-reactive ketones (excluding diaryl/α,β-unsaturated/α-hetero) is 2. The number of carbonyl (C=O) groups excluding carboxylic acids is 9. The number of benzene rings is 3. The van der Waals surface area contributed by atoms with E-state index in [1.807, 2.05) is 45.2 Å². The van der Waals surface area contributed by atoms with Gasteiger partial charge in [0.15, 0.2) is 11.6 Å². The van der Waals surface area contributed by atoms with E-state index < -0.39 is 5.24 Å². The molecule has 0 spiro atoms. The van der Waals surface area contributed by atoms with Crippen molar-refractivity contribution in [2.24, 2.45) is 0 Å². The number of hydrogen-bond acceptors (Lipinski definition) is 9. The molecule has 25 heteroatoms. The van der Waals surface area contributed by atoms with Crippen molar-refractivity contribution >= 4 is 301 Å². The number of hydrogen-bond donors (Lipinski definition) is 0. The standard InChI is InChI=1S/2C14H15I3N2O3.C13H12ClI3N2O3/c2*1-6(20)9-10(15)13(18(4)7(2)21)12(17)14(11(9)16)19(5)8(3)22;1-5(20)18(3)11-8(15)7(13(14)22)9(16)12(10(11)17)19(4)6(2)21/h2*1-5H3;1-4H3. The molecular weight excluding hydrogens is 1900 g/mol. The first-order valence-electron chi connectivity index (χ1n) is 18.3. The molecular formula is C41H42ClI9N6O9. The minimum atomic E-state index is -0.624. The second kappa shape index (κ2) is 27.4. The third kappa shape index (κ3) is 14.7. The molecule has 0 radical (unpaired) electrons. The van der Waals surface area contributed by atoms with Crippen LogP contribution in [0.4, 0.5) is 34.1 Å². The van der Waals surface area contributed by atoms with Gasteiger partial charge >= 0.3 is 0 Å². The van der Waals surface area contributed by atoms with Crippen LogP contribution in [0.1, 0.15) is 86.5 Å². The van der Waals surface area contributed by atoms with Crippen LogP contribution in [-0.2, 0) is 28.8 Å². The molecule has 0 unspecified atom stereocenters. The van der Waals surface area contributed by atoms with Crippen molar-refractivity contribution in [3.05, 3.63) is 48.8 Å². The predicted octanol–water partition coefficient (Wildman–Crippen LogP) is 11.2. The second-order valence-corrected chi connectivity index (χ2v) is 23.9. The fraction of sp³-hybridized carbons (Fsp3) is 0.341. The third-order valence-electron chi connectivity index (χ3n) is 9.56. The molecule has 66 heavy (non-hydrogen) atoms. The molecule has 0 fully saturated rings. The summed E-state index contributed by atoms with van der Waals surface area (Å²) in [5, 5.41) is -0.624. The second-order valence-electron chi connectivity index (χ2n) is 13.9. The van der Waals surface area contributed by atoms with E-state index in [1.165, 1.54) is 84.8 Å². The molecule has 0 bridgehead atoms. The Morgan fingerprint density at radius 3 is 0.530 bits per heavy atom. The Kier molecular flexibility index (Phi) is 26.7. The Morgan fingerprint density at radius 1 is 0.288 bits per heavy atom. The van der Waals surface area contributed by atoms with Crippen LogP contribution < -0.4 is 29.4 Å². The average Bonchev–Trinajstić information content (AvgIpc) is 3.17. The molecule has 3 aromatic rings. The van der Waals surface area contributed by atoms with Crippen molar-refractivity contribution in [3.63, 3.8) is 0 Å². The Morgan fingerprint density at radius 2 is 0.424 bits per heavy atom. The minimum Gasteiger partial charge on any atom is -0.314 e. The summed E-state index contributed by atoms with van der Waals surface area (Å²) in [5.41, 5.74) is 5.13. The normalized spacial score (nSPS) is 10.4. The molecule has 0 saturated carbocycles. The summed E-state index contributed by atoms with van der Waals surface area (Å²) in [6.07, 6.45) is 0. The molecule has 0 saturated heterocycles. The first-order chi connectivity index (χ1) is 30.1. The van der Waals surface area contributed by atoms with Crippen molar-refractivity contribution in [3.8, 4) is 0 Å². The fourth-order valence-corrected chi connectivity index (χ4v) is 21.8. The van der Waals surface area contributed by atoms with Crippen LogP contribution in [0.25, 0.3) is 0 Å². The smallest absolute Gasteiger partial charge is 0.254 e. The monoisotopic (exact) mass is 1940 g/mol. The van der Waals surface area contributed by atoms with Crippen LogP contribution in [0.3, 0.4) is 0 Å². The van der Waals surface area contributed by atoms with E-state index in [1.54, 1.807) is 42.3 Å². The SMILES string of the molecule is CC(=O)N(C)c1c(I)c(C(=O)Cl)c(I)c(N(C)C(C)=O)c1I.CC(=O)c1c(I)c(N(C)C(C)=O)c(I)c(N(C)C(C)=O)c1I.CC(=O)c1c(I)c(N(C)C(C)=O)c(I)c(N(C)C(C)=O)c1I. The molecule has 0 heterocycles. The zero-order chi connectivity index (χ0) is 52.1. The van der Waals surface area contributed by atoms with Crippen molar-refractivity contribution in [1.82, 2.24) is 0 Å². The van der Waals surface area contributed by atoms with Gasteiger partial charge < -0.3 is 29.4 Å². The lowest BCUT2D eigenvalue weighted by Gasteiger charge is -2.27. The maximum absolute atomic E-state index is 12.1. The van der Waals surface area contributed by atoms with Crippen LogP contribution in [0, 0.1) is 32.1 Å².